The Morgan fingerprint density at radius 2 is 0.551 bits per heavy atom. The first kappa shape index (κ1) is 30.5. The van der Waals surface area contributed by atoms with Crippen LogP contribution in [-0.2, 0) is 16.5 Å². The van der Waals surface area contributed by atoms with Gasteiger partial charge in [0.15, 0.2) is 23.3 Å². The molecule has 8 bridgehead atoms. The van der Waals surface area contributed by atoms with Crippen LogP contribution in [0.25, 0.3) is 89.7 Å². The fraction of sp³-hybridized carbons (Fsp3) is 0. The normalized spacial score (nSPS) is 11.9. The molecule has 2 aliphatic heterocycles. The van der Waals surface area contributed by atoms with Gasteiger partial charge in [0.1, 0.15) is 23.3 Å². The number of benzene rings is 4. The topological polar surface area (TPSA) is 106 Å². The van der Waals surface area contributed by atoms with Crippen molar-refractivity contribution in [3.8, 4) is 45.6 Å². The van der Waals surface area contributed by atoms with Crippen molar-refractivity contribution in [2.75, 3.05) is 0 Å². The van der Waals surface area contributed by atoms with Gasteiger partial charge in [-0.05, 0) is 70.1 Å². The van der Waals surface area contributed by atoms with Crippen molar-refractivity contribution in [2.45, 2.75) is 0 Å². The number of halogens is 8. The zero-order chi connectivity index (χ0) is 33.2. The molecule has 0 N–H and O–H groups in total. The molecule has 49 heavy (non-hydrogen) atoms. The van der Waals surface area contributed by atoms with Crippen LogP contribution < -0.4 is 9.97 Å². The fourth-order valence-electron chi connectivity index (χ4n) is 5.74. The maximum Gasteiger partial charge on any atom is 2.00 e. The maximum absolute atomic E-state index is 15.3. The molecule has 5 heterocycles. The molecule has 0 atom stereocenters. The first-order valence-electron chi connectivity index (χ1n) is 13.7. The van der Waals surface area contributed by atoms with Crippen molar-refractivity contribution in [3.05, 3.63) is 95.1 Å². The third kappa shape index (κ3) is 4.41. The second-order valence-corrected chi connectivity index (χ2v) is 10.7. The zero-order valence-corrected chi connectivity index (χ0v) is 24.5. The standard InChI is InChI=1S/C32H8F8N8.Ni/c33-13-1-2-14(34)22-21(13)29-43-25-9-5-17(37)18(38)6-10(9)27(41-25)45-31-23-15(35)3-4-16(36)24(23)32(48-31)46-28-12-8-20(40)19(39)7-11(12)26(42-28)44-30(22)47-29;/h1-8H;/q-2;+2. The summed E-state index contributed by atoms with van der Waals surface area (Å²) in [5, 5.41) is -0.606. The summed E-state index contributed by atoms with van der Waals surface area (Å²) in [6, 6.07) is 6.18. The van der Waals surface area contributed by atoms with E-state index in [9.17, 15) is 17.6 Å². The summed E-state index contributed by atoms with van der Waals surface area (Å²) < 4.78 is 119. The van der Waals surface area contributed by atoms with Crippen LogP contribution in [0.15, 0.2) is 48.5 Å². The molecule has 0 fully saturated rings. The minimum Gasteiger partial charge on any atom is -0.357 e. The number of fused-ring (bicyclic) bond motifs is 20. The van der Waals surface area contributed by atoms with Crippen molar-refractivity contribution in [2.24, 2.45) is 0 Å². The molecular weight excluding hydrogens is 707 g/mol. The van der Waals surface area contributed by atoms with E-state index in [1.165, 1.54) is 0 Å². The average molecular weight is 715 g/mol. The number of nitrogens with zero attached hydrogens (tertiary/aromatic N) is 8. The summed E-state index contributed by atoms with van der Waals surface area (Å²) in [5.74, 6) is -11.2. The minimum atomic E-state index is -1.31. The molecule has 4 aromatic carbocycles. The van der Waals surface area contributed by atoms with E-state index in [0.717, 1.165) is 48.5 Å². The Bertz CT molecular complexity index is 2430. The number of hydrogen-bond donors (Lipinski definition) is 0. The van der Waals surface area contributed by atoms with E-state index in [0.29, 0.717) is 0 Å². The molecule has 9 rings (SSSR count). The van der Waals surface area contributed by atoms with Crippen LogP contribution in [0.2, 0.25) is 0 Å². The number of rotatable bonds is 0. The maximum atomic E-state index is 15.3. The third-order valence-corrected chi connectivity index (χ3v) is 7.88. The molecular formula is C32H8F8N8Ni. The molecule has 8 nitrogen and oxygen atoms in total. The van der Waals surface area contributed by atoms with Gasteiger partial charge < -0.3 is 29.9 Å². The smallest absolute Gasteiger partial charge is 0.357 e. The molecule has 0 spiro atoms. The van der Waals surface area contributed by atoms with Gasteiger partial charge in [0.2, 0.25) is 0 Å². The second-order valence-electron chi connectivity index (χ2n) is 10.7. The van der Waals surface area contributed by atoms with E-state index in [-0.39, 0.29) is 60.6 Å². The van der Waals surface area contributed by atoms with Gasteiger partial charge in [0.05, 0.1) is 45.6 Å². The van der Waals surface area contributed by atoms with Crippen LogP contribution in [0.1, 0.15) is 0 Å². The fourth-order valence-corrected chi connectivity index (χ4v) is 5.74. The first-order chi connectivity index (χ1) is 23.0. The first-order valence-corrected chi connectivity index (χ1v) is 13.7. The van der Waals surface area contributed by atoms with E-state index >= 15 is 17.6 Å². The van der Waals surface area contributed by atoms with Crippen LogP contribution >= 0.6 is 0 Å². The molecule has 0 aliphatic carbocycles. The largest absolute Gasteiger partial charge is 2.00 e. The van der Waals surface area contributed by atoms with Gasteiger partial charge in [-0.25, -0.2) is 45.1 Å². The van der Waals surface area contributed by atoms with Gasteiger partial charge in [0.25, 0.3) is 0 Å². The molecule has 2 aliphatic rings. The van der Waals surface area contributed by atoms with E-state index in [1.807, 2.05) is 0 Å². The molecule has 0 radical (unpaired) electrons. The predicted molar refractivity (Wildman–Crippen MR) is 154 cm³/mol. The Morgan fingerprint density at radius 3 is 0.776 bits per heavy atom. The molecule has 7 aromatic rings. The quantitative estimate of drug-likeness (QED) is 0.120. The van der Waals surface area contributed by atoms with Crippen molar-refractivity contribution in [3.63, 3.8) is 0 Å². The van der Waals surface area contributed by atoms with Gasteiger partial charge in [-0.2, -0.15) is 0 Å². The van der Waals surface area contributed by atoms with Crippen LogP contribution in [0.5, 0.6) is 0 Å². The predicted octanol–water partition coefficient (Wildman–Crippen LogP) is 7.24. The van der Waals surface area contributed by atoms with Crippen LogP contribution in [0.3, 0.4) is 0 Å². The second kappa shape index (κ2) is 10.6. The Morgan fingerprint density at radius 1 is 0.327 bits per heavy atom. The molecule has 0 amide bonds. The van der Waals surface area contributed by atoms with E-state index < -0.39 is 92.1 Å². The van der Waals surface area contributed by atoms with Gasteiger partial charge in [-0.1, -0.05) is 0 Å². The SMILES string of the molecule is Fc1cc2c3nc4nc(nc5[n-]c(nc6nc(nc([n-]3)c2cc1F)-c1c(F)ccc(F)c1-6)c1cc(F)c(F)cc51)-c1c(F)ccc(F)c1-4.[Ni+2]. The monoisotopic (exact) mass is 714 g/mol. The molecule has 3 aromatic heterocycles. The third-order valence-electron chi connectivity index (χ3n) is 7.88. The van der Waals surface area contributed by atoms with Crippen LogP contribution in [0, 0.1) is 46.5 Å². The van der Waals surface area contributed by atoms with Gasteiger partial charge in [0, 0.05) is 22.6 Å². The Labute approximate surface area is 275 Å². The number of hydrogen-bond acceptors (Lipinski definition) is 6. The average Bonchev–Trinajstić information content (AvgIpc) is 3.77. The molecule has 17 heteroatoms. The summed E-state index contributed by atoms with van der Waals surface area (Å²) in [5.41, 5.74) is -3.42. The van der Waals surface area contributed by atoms with E-state index in [2.05, 4.69) is 39.9 Å². The summed E-state index contributed by atoms with van der Waals surface area (Å²) in [4.78, 5) is 33.8. The van der Waals surface area contributed by atoms with E-state index in [4.69, 9.17) is 0 Å². The van der Waals surface area contributed by atoms with Crippen molar-refractivity contribution < 1.29 is 51.6 Å². The summed E-state index contributed by atoms with van der Waals surface area (Å²) in [6.07, 6.45) is 0. The Kier molecular flexibility index (Phi) is 6.59. The number of aromatic nitrogens is 8. The van der Waals surface area contributed by atoms with Gasteiger partial charge >= 0.3 is 16.5 Å². The van der Waals surface area contributed by atoms with Crippen molar-refractivity contribution >= 4 is 44.1 Å². The Balaban J connectivity index is 0.00000348. The van der Waals surface area contributed by atoms with Gasteiger partial charge in [-0.3, -0.25) is 0 Å². The molecule has 0 unspecified atom stereocenters. The summed E-state index contributed by atoms with van der Waals surface area (Å²) in [7, 11) is 0. The summed E-state index contributed by atoms with van der Waals surface area (Å²) >= 11 is 0. The molecule has 0 saturated carbocycles. The summed E-state index contributed by atoms with van der Waals surface area (Å²) in [6.45, 7) is 0. The van der Waals surface area contributed by atoms with Crippen molar-refractivity contribution in [1.82, 2.24) is 39.9 Å². The van der Waals surface area contributed by atoms with Crippen molar-refractivity contribution in [1.29, 1.82) is 0 Å². The van der Waals surface area contributed by atoms with Crippen LogP contribution in [-0.4, -0.2) is 29.9 Å². The zero-order valence-electron chi connectivity index (χ0n) is 23.5. The van der Waals surface area contributed by atoms with Gasteiger partial charge in [-0.15, -0.1) is 0 Å². The molecule has 0 saturated heterocycles. The Hall–Kier alpha value is -5.83. The van der Waals surface area contributed by atoms with E-state index in [1.54, 1.807) is 0 Å². The minimum absolute atomic E-state index is 0. The molecule has 242 valence electrons. The van der Waals surface area contributed by atoms with Crippen LogP contribution in [0.4, 0.5) is 35.1 Å².